The summed E-state index contributed by atoms with van der Waals surface area (Å²) in [6, 6.07) is 0. The van der Waals surface area contributed by atoms with Gasteiger partial charge >= 0.3 is 0 Å². The maximum Gasteiger partial charge on any atom is 0.197 e. The van der Waals surface area contributed by atoms with E-state index in [1.165, 1.54) is 0 Å². The molecule has 0 unspecified atom stereocenters. The normalized spacial score (nSPS) is 1.00. The van der Waals surface area contributed by atoms with Crippen molar-refractivity contribution in [3.63, 3.8) is 0 Å². The second kappa shape index (κ2) is 17.6. The van der Waals surface area contributed by atoms with Crippen LogP contribution in [0.4, 0.5) is 0 Å². The van der Waals surface area contributed by atoms with Crippen LogP contribution in [0.5, 0.6) is 0 Å². The maximum absolute atomic E-state index is 7.83. The topological polar surface area (TPSA) is 17.1 Å². The standard InChI is InChI=1S/La.Nd.OS/c;;1-2. The van der Waals surface area contributed by atoms with Gasteiger partial charge in [0, 0.05) is 76.4 Å². The van der Waals surface area contributed by atoms with Crippen molar-refractivity contribution in [1.82, 2.24) is 0 Å². The van der Waals surface area contributed by atoms with Gasteiger partial charge in [0.05, 0.1) is 0 Å². The molecule has 1 nitrogen and oxygen atoms in total. The summed E-state index contributed by atoms with van der Waals surface area (Å²) in [5.74, 6) is 0. The van der Waals surface area contributed by atoms with Crippen molar-refractivity contribution in [3.05, 3.63) is 0 Å². The Balaban J connectivity index is -0.00000000500. The van der Waals surface area contributed by atoms with E-state index >= 15 is 0 Å². The quantitative estimate of drug-likeness (QED) is 0.604. The van der Waals surface area contributed by atoms with E-state index in [1.54, 1.807) is 0 Å². The van der Waals surface area contributed by atoms with E-state index in [1.807, 2.05) is 0 Å². The Hall–Kier alpha value is 2.57. The number of rotatable bonds is 0. The Morgan fingerprint density at radius 2 is 1.25 bits per heavy atom. The van der Waals surface area contributed by atoms with Crippen molar-refractivity contribution >= 4 is 12.5 Å². The molecule has 0 fully saturated rings. The van der Waals surface area contributed by atoms with Crippen molar-refractivity contribution < 1.29 is 80.6 Å². The van der Waals surface area contributed by atoms with Crippen LogP contribution in [0.3, 0.4) is 0 Å². The van der Waals surface area contributed by atoms with Gasteiger partial charge in [0.15, 0.2) is 12.5 Å². The average molecular weight is 331 g/mol. The molecular weight excluding hydrogens is 331 g/mol. The van der Waals surface area contributed by atoms with Gasteiger partial charge in [-0.25, -0.2) is 0 Å². The van der Waals surface area contributed by atoms with E-state index in [-0.39, 0.29) is 76.4 Å². The van der Waals surface area contributed by atoms with Crippen LogP contribution in [0.2, 0.25) is 0 Å². The Kier molecular flexibility index (Phi) is 70.5. The third-order valence-electron chi connectivity index (χ3n) is 0. The van der Waals surface area contributed by atoms with Gasteiger partial charge in [-0.15, -0.1) is 0 Å². The van der Waals surface area contributed by atoms with E-state index in [4.69, 9.17) is 4.21 Å². The van der Waals surface area contributed by atoms with Gasteiger partial charge in [-0.3, -0.25) is 0 Å². The fourth-order valence-electron chi connectivity index (χ4n) is 0. The van der Waals surface area contributed by atoms with E-state index in [0.29, 0.717) is 0 Å². The minimum Gasteiger partial charge on any atom is -0.197 e. The summed E-state index contributed by atoms with van der Waals surface area (Å²) in [7, 11) is 0. The third kappa shape index (κ3) is 8.82. The molecule has 0 aromatic carbocycles. The molecular formula is LaNdOS. The van der Waals surface area contributed by atoms with Crippen LogP contribution in [0.15, 0.2) is 0 Å². The molecule has 0 aliphatic heterocycles. The maximum atomic E-state index is 7.83. The second-order valence-electron chi connectivity index (χ2n) is 0. The molecule has 0 saturated heterocycles. The van der Waals surface area contributed by atoms with E-state index < -0.39 is 0 Å². The van der Waals surface area contributed by atoms with Crippen molar-refractivity contribution in [3.8, 4) is 0 Å². The van der Waals surface area contributed by atoms with Gasteiger partial charge in [0.1, 0.15) is 0 Å². The molecule has 0 aromatic rings. The van der Waals surface area contributed by atoms with Crippen LogP contribution in [-0.2, 0) is 12.5 Å². The average Bonchev–Trinajstić information content (AvgIpc) is 1.00. The fourth-order valence-corrected chi connectivity index (χ4v) is 0. The summed E-state index contributed by atoms with van der Waals surface area (Å²) >= 11 is 2.83. The van der Waals surface area contributed by atoms with Crippen LogP contribution in [0, 0.1) is 76.4 Å². The van der Waals surface area contributed by atoms with E-state index in [9.17, 15) is 0 Å². The third-order valence-corrected chi connectivity index (χ3v) is 0. The SMILES string of the molecule is O=S.[La].[Nd]. The predicted molar refractivity (Wildman–Crippen MR) is 8.14 cm³/mol. The Morgan fingerprint density at radius 3 is 1.25 bits per heavy atom. The van der Waals surface area contributed by atoms with Gasteiger partial charge in [-0.2, -0.15) is 4.21 Å². The molecule has 0 aliphatic rings. The fraction of sp³-hybridized carbons (Fsp3) is 0. The molecule has 0 aliphatic carbocycles. The molecule has 0 aromatic heterocycles. The van der Waals surface area contributed by atoms with Crippen LogP contribution in [-0.4, -0.2) is 4.21 Å². The van der Waals surface area contributed by atoms with Gasteiger partial charge < -0.3 is 0 Å². The molecule has 0 amide bonds. The first kappa shape index (κ1) is 16.0. The molecule has 19 valence electrons. The smallest absolute Gasteiger partial charge is 0.197 e. The van der Waals surface area contributed by atoms with Gasteiger partial charge in [-0.05, 0) is 0 Å². The molecule has 4 heavy (non-hydrogen) atoms. The molecule has 4 heteroatoms. The summed E-state index contributed by atoms with van der Waals surface area (Å²) in [6.45, 7) is 0. The minimum absolute atomic E-state index is 0. The molecule has 0 rings (SSSR count). The zero-order chi connectivity index (χ0) is 2.00. The molecule has 0 heterocycles. The van der Waals surface area contributed by atoms with Crippen molar-refractivity contribution in [1.29, 1.82) is 0 Å². The second-order valence-corrected chi connectivity index (χ2v) is 0. The molecule has 1 radical (unpaired) electrons. The number of hydrogen-bond donors (Lipinski definition) is 0. The van der Waals surface area contributed by atoms with Gasteiger partial charge in [0.2, 0.25) is 0 Å². The minimum atomic E-state index is 0. The Labute approximate surface area is 90.9 Å². The van der Waals surface area contributed by atoms with Crippen LogP contribution in [0.25, 0.3) is 0 Å². The van der Waals surface area contributed by atoms with Crippen molar-refractivity contribution in [2.45, 2.75) is 0 Å². The van der Waals surface area contributed by atoms with Gasteiger partial charge in [-0.1, -0.05) is 0 Å². The number of hydrogen-bond acceptors (Lipinski definition) is 2. The molecule has 0 spiro atoms. The van der Waals surface area contributed by atoms with Crippen LogP contribution in [0.1, 0.15) is 0 Å². The monoisotopic (exact) mass is 329 g/mol. The zero-order valence-corrected chi connectivity index (χ0v) is 9.54. The predicted octanol–water partition coefficient (Wildman–Crippen LogP) is -0.336. The van der Waals surface area contributed by atoms with Crippen molar-refractivity contribution in [2.24, 2.45) is 0 Å². The van der Waals surface area contributed by atoms with Crippen LogP contribution >= 0.6 is 0 Å². The zero-order valence-electron chi connectivity index (χ0n) is 1.89. The Morgan fingerprint density at radius 1 is 1.25 bits per heavy atom. The summed E-state index contributed by atoms with van der Waals surface area (Å²) < 4.78 is 7.83. The molecule has 0 atom stereocenters. The van der Waals surface area contributed by atoms with Crippen LogP contribution < -0.4 is 0 Å². The van der Waals surface area contributed by atoms with E-state index in [2.05, 4.69) is 12.5 Å². The largest absolute Gasteiger partial charge is 0.197 e. The van der Waals surface area contributed by atoms with Gasteiger partial charge in [0.25, 0.3) is 0 Å². The Bertz CT molecular complexity index is 8.00. The first-order chi connectivity index (χ1) is 1.00. The first-order valence-corrected chi connectivity index (χ1v) is 0.500. The molecule has 0 N–H and O–H groups in total. The summed E-state index contributed by atoms with van der Waals surface area (Å²) in [5.41, 5.74) is 0. The molecule has 0 bridgehead atoms. The first-order valence-electron chi connectivity index (χ1n) is 0.167. The van der Waals surface area contributed by atoms with E-state index in [0.717, 1.165) is 0 Å². The summed E-state index contributed by atoms with van der Waals surface area (Å²) in [6.07, 6.45) is 0. The summed E-state index contributed by atoms with van der Waals surface area (Å²) in [4.78, 5) is 0. The summed E-state index contributed by atoms with van der Waals surface area (Å²) in [5, 5.41) is 0. The molecule has 0 saturated carbocycles. The van der Waals surface area contributed by atoms with Crippen molar-refractivity contribution in [2.75, 3.05) is 0 Å².